The predicted octanol–water partition coefficient (Wildman–Crippen LogP) is 4.56. The summed E-state index contributed by atoms with van der Waals surface area (Å²) in [5, 5.41) is 0. The Morgan fingerprint density at radius 2 is 1.65 bits per heavy atom. The number of likely N-dealkylation sites (tertiary alicyclic amines) is 1. The smallest absolute Gasteiger partial charge is 0.321 e. The lowest BCUT2D eigenvalue weighted by Gasteiger charge is -2.33. The van der Waals surface area contributed by atoms with Gasteiger partial charge < -0.3 is 9.64 Å². The van der Waals surface area contributed by atoms with Crippen molar-refractivity contribution >= 4 is 34.3 Å². The second-order valence-electron chi connectivity index (χ2n) is 6.46. The SMILES string of the molecule is O=C(CSC(=S)N1CCC(Cc2ccccc2)CC1)Oc1ccccc1. The molecule has 2 aromatic rings. The summed E-state index contributed by atoms with van der Waals surface area (Å²) in [7, 11) is 0. The monoisotopic (exact) mass is 385 g/mol. The van der Waals surface area contributed by atoms with Gasteiger partial charge in [0.2, 0.25) is 0 Å². The summed E-state index contributed by atoms with van der Waals surface area (Å²) in [5.74, 6) is 1.27. The molecule has 0 amide bonds. The molecule has 136 valence electrons. The lowest BCUT2D eigenvalue weighted by molar-refractivity contribution is -0.131. The lowest BCUT2D eigenvalue weighted by Crippen LogP contribution is -2.37. The second-order valence-corrected chi connectivity index (χ2v) is 8.07. The minimum absolute atomic E-state index is 0.248. The lowest BCUT2D eigenvalue weighted by atomic mass is 9.90. The highest BCUT2D eigenvalue weighted by atomic mass is 32.2. The zero-order valence-electron chi connectivity index (χ0n) is 14.7. The van der Waals surface area contributed by atoms with E-state index in [1.54, 1.807) is 12.1 Å². The molecule has 5 heteroatoms. The van der Waals surface area contributed by atoms with E-state index in [1.807, 2.05) is 18.2 Å². The number of thiocarbonyl (C=S) groups is 1. The average Bonchev–Trinajstić information content (AvgIpc) is 2.68. The molecule has 26 heavy (non-hydrogen) atoms. The summed E-state index contributed by atoms with van der Waals surface area (Å²) in [5.41, 5.74) is 1.41. The number of piperidine rings is 1. The normalized spacial score (nSPS) is 14.8. The zero-order chi connectivity index (χ0) is 18.2. The topological polar surface area (TPSA) is 29.5 Å². The van der Waals surface area contributed by atoms with E-state index < -0.39 is 0 Å². The van der Waals surface area contributed by atoms with E-state index in [9.17, 15) is 4.79 Å². The Morgan fingerprint density at radius 3 is 2.31 bits per heavy atom. The molecule has 0 aromatic heterocycles. The first kappa shape index (κ1) is 18.9. The first-order valence-corrected chi connectivity index (χ1v) is 10.3. The van der Waals surface area contributed by atoms with Crippen LogP contribution in [0.1, 0.15) is 18.4 Å². The molecule has 0 N–H and O–H groups in total. The first-order valence-electron chi connectivity index (χ1n) is 8.92. The number of thioether (sulfide) groups is 1. The van der Waals surface area contributed by atoms with E-state index in [4.69, 9.17) is 17.0 Å². The van der Waals surface area contributed by atoms with Gasteiger partial charge in [0.15, 0.2) is 0 Å². The van der Waals surface area contributed by atoms with E-state index in [-0.39, 0.29) is 11.7 Å². The number of carbonyl (C=O) groups excluding carboxylic acids is 1. The van der Waals surface area contributed by atoms with E-state index in [0.29, 0.717) is 11.7 Å². The molecular formula is C21H23NO2S2. The van der Waals surface area contributed by atoms with Gasteiger partial charge in [-0.05, 0) is 42.9 Å². The van der Waals surface area contributed by atoms with Crippen molar-refractivity contribution in [1.29, 1.82) is 0 Å². The van der Waals surface area contributed by atoms with Crippen molar-refractivity contribution in [2.75, 3.05) is 18.8 Å². The van der Waals surface area contributed by atoms with Crippen molar-refractivity contribution in [2.24, 2.45) is 5.92 Å². The summed E-state index contributed by atoms with van der Waals surface area (Å²) in [6, 6.07) is 19.8. The second kappa shape index (κ2) is 9.74. The summed E-state index contributed by atoms with van der Waals surface area (Å²) in [6.45, 7) is 1.94. The van der Waals surface area contributed by atoms with Gasteiger partial charge in [0.1, 0.15) is 10.1 Å². The molecule has 0 bridgehead atoms. The van der Waals surface area contributed by atoms with Gasteiger partial charge in [0.25, 0.3) is 0 Å². The van der Waals surface area contributed by atoms with Crippen LogP contribution in [0.4, 0.5) is 0 Å². The third kappa shape index (κ3) is 5.85. The minimum atomic E-state index is -0.262. The van der Waals surface area contributed by atoms with Crippen LogP contribution in [0.15, 0.2) is 60.7 Å². The molecule has 1 fully saturated rings. The van der Waals surface area contributed by atoms with Crippen LogP contribution in [0.25, 0.3) is 0 Å². The highest BCUT2D eigenvalue weighted by Gasteiger charge is 2.22. The van der Waals surface area contributed by atoms with Crippen molar-refractivity contribution in [3.8, 4) is 5.75 Å². The minimum Gasteiger partial charge on any atom is -0.426 e. The summed E-state index contributed by atoms with van der Waals surface area (Å²) in [6.07, 6.45) is 3.42. The maximum atomic E-state index is 11.9. The number of benzene rings is 2. The number of carbonyl (C=O) groups is 1. The number of hydrogen-bond donors (Lipinski definition) is 0. The molecule has 0 unspecified atom stereocenters. The van der Waals surface area contributed by atoms with Crippen molar-refractivity contribution in [3.05, 3.63) is 66.2 Å². The van der Waals surface area contributed by atoms with Crippen LogP contribution in [0, 0.1) is 5.92 Å². The Kier molecular flexibility index (Phi) is 7.09. The molecule has 1 aliphatic heterocycles. The van der Waals surface area contributed by atoms with Crippen LogP contribution < -0.4 is 4.74 Å². The van der Waals surface area contributed by atoms with Gasteiger partial charge in [0.05, 0.1) is 5.75 Å². The average molecular weight is 386 g/mol. The van der Waals surface area contributed by atoms with Crippen LogP contribution >= 0.6 is 24.0 Å². The molecule has 1 saturated heterocycles. The third-order valence-electron chi connectivity index (χ3n) is 4.53. The number of esters is 1. The van der Waals surface area contributed by atoms with Crippen molar-refractivity contribution < 1.29 is 9.53 Å². The number of para-hydroxylation sites is 1. The third-order valence-corrected chi connectivity index (χ3v) is 6.03. The van der Waals surface area contributed by atoms with Crippen LogP contribution in [0.2, 0.25) is 0 Å². The summed E-state index contributed by atoms with van der Waals surface area (Å²) < 4.78 is 6.10. The molecule has 2 aromatic carbocycles. The van der Waals surface area contributed by atoms with Gasteiger partial charge >= 0.3 is 5.97 Å². The largest absolute Gasteiger partial charge is 0.426 e. The van der Waals surface area contributed by atoms with Crippen molar-refractivity contribution in [1.82, 2.24) is 4.90 Å². The maximum absolute atomic E-state index is 11.9. The van der Waals surface area contributed by atoms with Gasteiger partial charge in [-0.3, -0.25) is 4.79 Å². The quantitative estimate of drug-likeness (QED) is 0.427. The van der Waals surface area contributed by atoms with Crippen molar-refractivity contribution in [2.45, 2.75) is 19.3 Å². The number of rotatable bonds is 5. The molecule has 3 rings (SSSR count). The number of hydrogen-bond acceptors (Lipinski definition) is 4. The Hall–Kier alpha value is -1.85. The molecule has 0 radical (unpaired) electrons. The van der Waals surface area contributed by atoms with E-state index in [0.717, 1.165) is 36.7 Å². The van der Waals surface area contributed by atoms with Gasteiger partial charge in [-0.2, -0.15) is 0 Å². The molecule has 0 spiro atoms. The van der Waals surface area contributed by atoms with Crippen LogP contribution in [0.5, 0.6) is 5.75 Å². The molecular weight excluding hydrogens is 362 g/mol. The van der Waals surface area contributed by atoms with Gasteiger partial charge in [-0.25, -0.2) is 0 Å². The predicted molar refractivity (Wildman–Crippen MR) is 112 cm³/mol. The fourth-order valence-corrected chi connectivity index (χ4v) is 4.15. The Balaban J connectivity index is 1.37. The maximum Gasteiger partial charge on any atom is 0.321 e. The molecule has 0 atom stereocenters. The zero-order valence-corrected chi connectivity index (χ0v) is 16.3. The molecule has 0 aliphatic carbocycles. The summed E-state index contributed by atoms with van der Waals surface area (Å²) in [4.78, 5) is 14.2. The molecule has 1 heterocycles. The van der Waals surface area contributed by atoms with E-state index in [1.165, 1.54) is 17.3 Å². The summed E-state index contributed by atoms with van der Waals surface area (Å²) >= 11 is 6.90. The number of ether oxygens (including phenoxy) is 1. The first-order chi connectivity index (χ1) is 12.7. The highest BCUT2D eigenvalue weighted by molar-refractivity contribution is 8.23. The van der Waals surface area contributed by atoms with Gasteiger partial charge in [-0.15, -0.1) is 0 Å². The van der Waals surface area contributed by atoms with Crippen LogP contribution in [-0.2, 0) is 11.2 Å². The van der Waals surface area contributed by atoms with Crippen LogP contribution in [0.3, 0.4) is 0 Å². The fourth-order valence-electron chi connectivity index (χ4n) is 3.13. The standard InChI is InChI=1S/C21H23NO2S2/c23-20(24-19-9-5-2-6-10-19)16-26-21(25)22-13-11-18(12-14-22)15-17-7-3-1-4-8-17/h1-10,18H,11-16H2. The van der Waals surface area contributed by atoms with Gasteiger partial charge in [-0.1, -0.05) is 72.5 Å². The molecule has 1 aliphatic rings. The Morgan fingerprint density at radius 1 is 1.04 bits per heavy atom. The highest BCUT2D eigenvalue weighted by Crippen LogP contribution is 2.24. The number of nitrogens with zero attached hydrogens (tertiary/aromatic N) is 1. The molecule has 0 saturated carbocycles. The van der Waals surface area contributed by atoms with Gasteiger partial charge in [0, 0.05) is 13.1 Å². The molecule has 3 nitrogen and oxygen atoms in total. The Bertz CT molecular complexity index is 713. The van der Waals surface area contributed by atoms with Crippen molar-refractivity contribution in [3.63, 3.8) is 0 Å². The van der Waals surface area contributed by atoms with E-state index in [2.05, 4.69) is 35.2 Å². The fraction of sp³-hybridized carbons (Fsp3) is 0.333. The Labute approximate surface area is 164 Å². The van der Waals surface area contributed by atoms with Crippen LogP contribution in [-0.4, -0.2) is 34.0 Å². The van der Waals surface area contributed by atoms with E-state index >= 15 is 0 Å².